The molecule has 0 amide bonds. The van der Waals surface area contributed by atoms with Gasteiger partial charge in [-0.1, -0.05) is 33.3 Å². The lowest BCUT2D eigenvalue weighted by atomic mass is 9.52. The molecule has 1 aromatic carbocycles. The van der Waals surface area contributed by atoms with Gasteiger partial charge in [0.25, 0.3) is 0 Å². The van der Waals surface area contributed by atoms with Gasteiger partial charge in [-0.2, -0.15) is 15.3 Å². The van der Waals surface area contributed by atoms with Gasteiger partial charge in [-0.3, -0.25) is 5.43 Å². The Kier molecular flexibility index (Phi) is 1.69. The monoisotopic (exact) mass is 317 g/mol. The van der Waals surface area contributed by atoms with Crippen LogP contribution in [-0.4, -0.2) is 24.2 Å². The van der Waals surface area contributed by atoms with Gasteiger partial charge in [0.2, 0.25) is 0 Å². The van der Waals surface area contributed by atoms with Crippen molar-refractivity contribution in [3.63, 3.8) is 0 Å². The number of nitrogens with zero attached hydrogens (tertiary/aromatic N) is 4. The first-order valence-electron chi connectivity index (χ1n) is 6.58. The maximum atomic E-state index is 4.49. The van der Waals surface area contributed by atoms with E-state index in [-0.39, 0.29) is 17.0 Å². The van der Waals surface area contributed by atoms with Gasteiger partial charge in [0.15, 0.2) is 0 Å². The molecule has 6 heteroatoms. The molecule has 6 rings (SSSR count). The third-order valence-electron chi connectivity index (χ3n) is 5.43. The Morgan fingerprint density at radius 1 is 1.26 bits per heavy atom. The molecule has 3 aliphatic carbocycles. The van der Waals surface area contributed by atoms with Crippen molar-refractivity contribution < 1.29 is 0 Å². The van der Waals surface area contributed by atoms with Crippen molar-refractivity contribution in [3.8, 4) is 0 Å². The average molecular weight is 318 g/mol. The molecular formula is C13H12BrN5. The van der Waals surface area contributed by atoms with Gasteiger partial charge >= 0.3 is 0 Å². The van der Waals surface area contributed by atoms with Gasteiger partial charge < -0.3 is 0 Å². The molecule has 0 saturated heterocycles. The minimum atomic E-state index is -0.0173. The lowest BCUT2D eigenvalue weighted by Gasteiger charge is -2.60. The van der Waals surface area contributed by atoms with Crippen LogP contribution in [0, 0.1) is 5.92 Å². The van der Waals surface area contributed by atoms with Gasteiger partial charge in [-0.25, -0.2) is 0 Å². The van der Waals surface area contributed by atoms with E-state index in [0.717, 1.165) is 17.4 Å². The van der Waals surface area contributed by atoms with E-state index in [1.807, 2.05) is 0 Å². The summed E-state index contributed by atoms with van der Waals surface area (Å²) in [6.45, 7) is 0.775. The largest absolute Gasteiger partial charge is 0.285 e. The highest BCUT2D eigenvalue weighted by molar-refractivity contribution is 9.10. The van der Waals surface area contributed by atoms with E-state index in [0.29, 0.717) is 12.0 Å². The zero-order chi connectivity index (χ0) is 12.7. The lowest BCUT2D eigenvalue weighted by molar-refractivity contribution is 0.0142. The van der Waals surface area contributed by atoms with Crippen LogP contribution in [0.5, 0.6) is 0 Å². The maximum absolute atomic E-state index is 4.49. The van der Waals surface area contributed by atoms with Crippen LogP contribution in [-0.2, 0) is 5.41 Å². The van der Waals surface area contributed by atoms with E-state index >= 15 is 0 Å². The summed E-state index contributed by atoms with van der Waals surface area (Å²) in [5, 5.41) is 17.2. The minimum Gasteiger partial charge on any atom is -0.285 e. The molecule has 5 nitrogen and oxygen atoms in total. The van der Waals surface area contributed by atoms with Gasteiger partial charge in [0.05, 0.1) is 12.6 Å². The van der Waals surface area contributed by atoms with Crippen molar-refractivity contribution in [1.82, 2.24) is 5.43 Å². The normalized spacial score (nSPS) is 47.7. The lowest BCUT2D eigenvalue weighted by Crippen LogP contribution is -2.79. The Morgan fingerprint density at radius 3 is 2.84 bits per heavy atom. The fourth-order valence-electron chi connectivity index (χ4n) is 4.67. The van der Waals surface area contributed by atoms with Crippen molar-refractivity contribution >= 4 is 15.9 Å². The number of azo groups is 1. The highest BCUT2D eigenvalue weighted by Crippen LogP contribution is 2.72. The molecule has 4 bridgehead atoms. The van der Waals surface area contributed by atoms with E-state index in [1.54, 1.807) is 0 Å². The molecule has 2 aliphatic heterocycles. The molecule has 0 aromatic heterocycles. The Balaban J connectivity index is 1.68. The second-order valence-corrected chi connectivity index (χ2v) is 6.86. The third kappa shape index (κ3) is 0.918. The highest BCUT2D eigenvalue weighted by Gasteiger charge is 2.85. The van der Waals surface area contributed by atoms with Gasteiger partial charge in [-0.15, -0.1) is 0 Å². The summed E-state index contributed by atoms with van der Waals surface area (Å²) in [4.78, 5) is 0. The molecule has 3 fully saturated rings. The Labute approximate surface area is 118 Å². The topological polar surface area (TPSA) is 61.5 Å². The second kappa shape index (κ2) is 3.06. The second-order valence-electron chi connectivity index (χ2n) is 5.94. The van der Waals surface area contributed by atoms with E-state index in [2.05, 4.69) is 66.2 Å². The molecule has 5 aliphatic rings. The molecule has 2 heterocycles. The summed E-state index contributed by atoms with van der Waals surface area (Å²) in [7, 11) is 0. The van der Waals surface area contributed by atoms with Crippen LogP contribution in [0.4, 0.5) is 0 Å². The van der Waals surface area contributed by atoms with Crippen LogP contribution in [0.25, 0.3) is 0 Å². The third-order valence-corrected chi connectivity index (χ3v) is 5.96. The standard InChI is InChI=1S/C13H12BrN5/c14-9-3-1-7(2-4-9)12-5-8-6-15-19-17-11(12)13(8)10(12)16-18-13/h1-4,8,10-11H,5-6H2,(H,15,17). The van der Waals surface area contributed by atoms with Crippen LogP contribution in [0.1, 0.15) is 12.0 Å². The van der Waals surface area contributed by atoms with Crippen LogP contribution in [0.2, 0.25) is 0 Å². The molecule has 96 valence electrons. The molecule has 1 N–H and O–H groups in total. The fraction of sp³-hybridized carbons (Fsp3) is 0.538. The molecule has 5 unspecified atom stereocenters. The highest BCUT2D eigenvalue weighted by atomic mass is 79.9. The predicted molar refractivity (Wildman–Crippen MR) is 71.9 cm³/mol. The van der Waals surface area contributed by atoms with Crippen LogP contribution in [0.3, 0.4) is 0 Å². The zero-order valence-electron chi connectivity index (χ0n) is 10.1. The van der Waals surface area contributed by atoms with Gasteiger partial charge in [0.1, 0.15) is 11.6 Å². The van der Waals surface area contributed by atoms with E-state index in [1.165, 1.54) is 5.56 Å². The van der Waals surface area contributed by atoms with Crippen LogP contribution in [0.15, 0.2) is 49.3 Å². The SMILES string of the molecule is Brc1ccc(C23CC4CN=NNC2C42N=NC32)cc1. The molecule has 3 saturated carbocycles. The molecule has 19 heavy (non-hydrogen) atoms. The quantitative estimate of drug-likeness (QED) is 0.850. The van der Waals surface area contributed by atoms with E-state index in [4.69, 9.17) is 0 Å². The molecule has 1 aromatic rings. The first-order chi connectivity index (χ1) is 9.28. The molecular weight excluding hydrogens is 306 g/mol. The number of rotatable bonds is 1. The Bertz CT molecular complexity index is 626. The zero-order valence-corrected chi connectivity index (χ0v) is 11.7. The summed E-state index contributed by atoms with van der Waals surface area (Å²) in [6.07, 6.45) is 1.11. The number of hydrogen-bond acceptors (Lipinski definition) is 5. The van der Waals surface area contributed by atoms with E-state index < -0.39 is 0 Å². The first-order valence-corrected chi connectivity index (χ1v) is 7.38. The average Bonchev–Trinajstić information content (AvgIpc) is 2.67. The fourth-order valence-corrected chi connectivity index (χ4v) is 4.93. The van der Waals surface area contributed by atoms with E-state index in [9.17, 15) is 0 Å². The minimum absolute atomic E-state index is 0.0173. The molecule has 5 atom stereocenters. The molecule has 0 radical (unpaired) electrons. The maximum Gasteiger partial charge on any atom is 0.134 e. The summed E-state index contributed by atoms with van der Waals surface area (Å²) < 4.78 is 1.11. The summed E-state index contributed by atoms with van der Waals surface area (Å²) in [5.41, 5.74) is 4.65. The number of benzene rings is 1. The van der Waals surface area contributed by atoms with Crippen LogP contribution >= 0.6 is 15.9 Å². The predicted octanol–water partition coefficient (Wildman–Crippen LogP) is 2.63. The summed E-state index contributed by atoms with van der Waals surface area (Å²) in [6, 6.07) is 9.22. The van der Waals surface area contributed by atoms with Gasteiger partial charge in [0, 0.05) is 15.8 Å². The van der Waals surface area contributed by atoms with Gasteiger partial charge in [-0.05, 0) is 24.1 Å². The van der Waals surface area contributed by atoms with Crippen molar-refractivity contribution in [2.24, 2.45) is 26.5 Å². The number of nitrogens with one attached hydrogen (secondary N) is 1. The smallest absolute Gasteiger partial charge is 0.134 e. The molecule has 1 spiro atoms. The Hall–Kier alpha value is -1.30. The first kappa shape index (κ1) is 10.5. The number of hydrogen-bond donors (Lipinski definition) is 1. The van der Waals surface area contributed by atoms with Crippen LogP contribution < -0.4 is 5.43 Å². The van der Waals surface area contributed by atoms with Crippen molar-refractivity contribution in [3.05, 3.63) is 34.3 Å². The summed E-state index contributed by atoms with van der Waals surface area (Å²) in [5.74, 6) is 0.488. The Morgan fingerprint density at radius 2 is 2.11 bits per heavy atom. The number of halogens is 1. The summed E-state index contributed by atoms with van der Waals surface area (Å²) >= 11 is 3.50. The van der Waals surface area contributed by atoms with Crippen molar-refractivity contribution in [2.45, 2.75) is 29.5 Å². The van der Waals surface area contributed by atoms with Crippen molar-refractivity contribution in [1.29, 1.82) is 0 Å². The van der Waals surface area contributed by atoms with Crippen molar-refractivity contribution in [2.75, 3.05) is 6.54 Å².